The van der Waals surface area contributed by atoms with E-state index in [1.54, 1.807) is 6.08 Å². The molecule has 1 saturated heterocycles. The number of amides is 5. The Morgan fingerprint density at radius 1 is 0.912 bits per heavy atom. The van der Waals surface area contributed by atoms with Gasteiger partial charge in [0.1, 0.15) is 0 Å². The quantitative estimate of drug-likeness (QED) is 0.461. The number of rotatable bonds is 8. The van der Waals surface area contributed by atoms with E-state index in [-0.39, 0.29) is 30.1 Å². The second kappa shape index (κ2) is 10.0. The molecule has 0 atom stereocenters. The van der Waals surface area contributed by atoms with Crippen LogP contribution in [0.25, 0.3) is 6.08 Å². The summed E-state index contributed by atoms with van der Waals surface area (Å²) in [5.74, 6) is -1.60. The molecule has 34 heavy (non-hydrogen) atoms. The Kier molecular flexibility index (Phi) is 6.93. The average molecular weight is 478 g/mol. The maximum absolute atomic E-state index is 12.6. The van der Waals surface area contributed by atoms with Crippen molar-refractivity contribution in [2.45, 2.75) is 19.8 Å². The highest BCUT2D eigenvalue weighted by Crippen LogP contribution is 2.32. The number of hydrogen-bond acceptors (Lipinski definition) is 6. The van der Waals surface area contributed by atoms with Crippen molar-refractivity contribution < 1.29 is 24.0 Å². The minimum absolute atomic E-state index is 0.0235. The second-order valence-corrected chi connectivity index (χ2v) is 8.87. The van der Waals surface area contributed by atoms with Crippen LogP contribution in [0, 0.1) is 0 Å². The summed E-state index contributed by atoms with van der Waals surface area (Å²) < 4.78 is 0. The van der Waals surface area contributed by atoms with Gasteiger partial charge in [0.05, 0.1) is 16.0 Å². The molecule has 2 aromatic carbocycles. The fraction of sp³-hybridized carbons (Fsp3) is 0.240. The van der Waals surface area contributed by atoms with Gasteiger partial charge in [-0.2, -0.15) is 0 Å². The lowest BCUT2D eigenvalue weighted by Crippen LogP contribution is -2.37. The molecule has 0 aliphatic carbocycles. The molecular formula is C25H23N3O5S. The lowest BCUT2D eigenvalue weighted by molar-refractivity contribution is -0.122. The SMILES string of the molecule is CCCCN1C(=O)c2ccc(C(=O)NCCN3C(=O)S/C(=C/c4ccccc4)C3=O)cc2C1=O. The van der Waals surface area contributed by atoms with Crippen LogP contribution in [0.2, 0.25) is 0 Å². The third-order valence-corrected chi connectivity index (χ3v) is 6.47. The summed E-state index contributed by atoms with van der Waals surface area (Å²) in [4.78, 5) is 65.1. The Labute approximate surface area is 201 Å². The van der Waals surface area contributed by atoms with Gasteiger partial charge in [0.15, 0.2) is 0 Å². The molecule has 0 radical (unpaired) electrons. The Morgan fingerprint density at radius 2 is 1.65 bits per heavy atom. The van der Waals surface area contributed by atoms with Crippen molar-refractivity contribution in [3.05, 3.63) is 75.7 Å². The van der Waals surface area contributed by atoms with Crippen molar-refractivity contribution in [3.8, 4) is 0 Å². The summed E-state index contributed by atoms with van der Waals surface area (Å²) in [5.41, 5.74) is 1.56. The highest BCUT2D eigenvalue weighted by atomic mass is 32.2. The van der Waals surface area contributed by atoms with Crippen LogP contribution in [0.15, 0.2) is 53.4 Å². The third kappa shape index (κ3) is 4.65. The normalized spacial score (nSPS) is 16.6. The van der Waals surface area contributed by atoms with E-state index in [9.17, 15) is 24.0 Å². The first-order valence-corrected chi connectivity index (χ1v) is 11.8. The van der Waals surface area contributed by atoms with Crippen molar-refractivity contribution >= 4 is 46.7 Å². The number of imide groups is 2. The van der Waals surface area contributed by atoms with Crippen molar-refractivity contribution in [2.24, 2.45) is 0 Å². The van der Waals surface area contributed by atoms with E-state index < -0.39 is 23.0 Å². The van der Waals surface area contributed by atoms with Crippen molar-refractivity contribution in [1.82, 2.24) is 15.1 Å². The van der Waals surface area contributed by atoms with Crippen LogP contribution in [0.3, 0.4) is 0 Å². The molecule has 174 valence electrons. The van der Waals surface area contributed by atoms with Crippen LogP contribution in [-0.2, 0) is 4.79 Å². The predicted molar refractivity (Wildman–Crippen MR) is 128 cm³/mol. The largest absolute Gasteiger partial charge is 0.350 e. The molecule has 0 bridgehead atoms. The van der Waals surface area contributed by atoms with Gasteiger partial charge in [-0.25, -0.2) is 0 Å². The van der Waals surface area contributed by atoms with Crippen LogP contribution in [0.1, 0.15) is 56.4 Å². The minimum atomic E-state index is -0.457. The van der Waals surface area contributed by atoms with Gasteiger partial charge >= 0.3 is 0 Å². The van der Waals surface area contributed by atoms with Gasteiger partial charge in [0.2, 0.25) is 0 Å². The summed E-state index contributed by atoms with van der Waals surface area (Å²) in [6.45, 7) is 2.40. The zero-order valence-electron chi connectivity index (χ0n) is 18.6. The topological polar surface area (TPSA) is 104 Å². The van der Waals surface area contributed by atoms with Crippen LogP contribution in [-0.4, -0.2) is 58.3 Å². The standard InChI is InChI=1S/C25H23N3O5S/c1-2-3-12-27-22(30)18-10-9-17(15-19(18)23(27)31)21(29)26-11-13-28-24(32)20(34-25(28)33)14-16-7-5-4-6-8-16/h4-10,14-15H,2-3,11-13H2,1H3,(H,26,29)/b20-14+. The molecule has 0 unspecified atom stereocenters. The molecular weight excluding hydrogens is 454 g/mol. The van der Waals surface area contributed by atoms with E-state index in [1.165, 1.54) is 23.1 Å². The molecule has 1 fully saturated rings. The number of carbonyl (C=O) groups is 5. The Bertz CT molecular complexity index is 1210. The number of nitrogens with zero attached hydrogens (tertiary/aromatic N) is 2. The molecule has 9 heteroatoms. The van der Waals surface area contributed by atoms with Gasteiger partial charge in [0, 0.05) is 25.2 Å². The molecule has 2 aliphatic heterocycles. The van der Waals surface area contributed by atoms with Gasteiger partial charge < -0.3 is 5.32 Å². The van der Waals surface area contributed by atoms with Crippen LogP contribution >= 0.6 is 11.8 Å². The van der Waals surface area contributed by atoms with E-state index in [4.69, 9.17) is 0 Å². The Balaban J connectivity index is 1.36. The molecule has 8 nitrogen and oxygen atoms in total. The maximum Gasteiger partial charge on any atom is 0.293 e. The number of thioether (sulfide) groups is 1. The molecule has 4 rings (SSSR count). The number of hydrogen-bond donors (Lipinski definition) is 1. The van der Waals surface area contributed by atoms with Gasteiger partial charge in [-0.3, -0.25) is 33.8 Å². The van der Waals surface area contributed by atoms with E-state index in [0.29, 0.717) is 23.4 Å². The van der Waals surface area contributed by atoms with E-state index in [1.807, 2.05) is 37.3 Å². The highest BCUT2D eigenvalue weighted by Gasteiger charge is 2.36. The van der Waals surface area contributed by atoms with Gasteiger partial charge in [-0.1, -0.05) is 43.7 Å². The van der Waals surface area contributed by atoms with Crippen molar-refractivity contribution in [1.29, 1.82) is 0 Å². The molecule has 2 aliphatic rings. The first-order valence-electron chi connectivity index (χ1n) is 11.0. The lowest BCUT2D eigenvalue weighted by atomic mass is 10.1. The molecule has 0 saturated carbocycles. The van der Waals surface area contributed by atoms with E-state index in [0.717, 1.165) is 28.6 Å². The summed E-state index contributed by atoms with van der Waals surface area (Å²) in [7, 11) is 0. The zero-order valence-corrected chi connectivity index (χ0v) is 19.4. The second-order valence-electron chi connectivity index (χ2n) is 7.88. The summed E-state index contributed by atoms with van der Waals surface area (Å²) in [6, 6.07) is 13.6. The molecule has 2 aromatic rings. The summed E-state index contributed by atoms with van der Waals surface area (Å²) in [6.07, 6.45) is 3.23. The van der Waals surface area contributed by atoms with Crippen LogP contribution in [0.4, 0.5) is 4.79 Å². The van der Waals surface area contributed by atoms with Crippen LogP contribution < -0.4 is 5.32 Å². The zero-order chi connectivity index (χ0) is 24.2. The molecule has 5 amide bonds. The molecule has 2 heterocycles. The van der Waals surface area contributed by atoms with Crippen LogP contribution in [0.5, 0.6) is 0 Å². The Morgan fingerprint density at radius 3 is 2.38 bits per heavy atom. The number of unbranched alkanes of at least 4 members (excludes halogenated alkanes) is 1. The number of fused-ring (bicyclic) bond motifs is 1. The summed E-state index contributed by atoms with van der Waals surface area (Å²) in [5, 5.41) is 2.28. The van der Waals surface area contributed by atoms with Crippen molar-refractivity contribution in [2.75, 3.05) is 19.6 Å². The average Bonchev–Trinajstić information content (AvgIpc) is 3.24. The van der Waals surface area contributed by atoms with E-state index in [2.05, 4.69) is 5.32 Å². The minimum Gasteiger partial charge on any atom is -0.350 e. The van der Waals surface area contributed by atoms with Gasteiger partial charge in [0.25, 0.3) is 28.9 Å². The molecule has 1 N–H and O–H groups in total. The summed E-state index contributed by atoms with van der Waals surface area (Å²) >= 11 is 0.863. The number of benzene rings is 2. The van der Waals surface area contributed by atoms with Gasteiger partial charge in [-0.05, 0) is 48.0 Å². The smallest absolute Gasteiger partial charge is 0.293 e. The third-order valence-electron chi connectivity index (χ3n) is 5.56. The molecule has 0 spiro atoms. The fourth-order valence-electron chi connectivity index (χ4n) is 3.73. The first kappa shape index (κ1) is 23.4. The number of carbonyl (C=O) groups excluding carboxylic acids is 5. The monoisotopic (exact) mass is 477 g/mol. The van der Waals surface area contributed by atoms with Crippen molar-refractivity contribution in [3.63, 3.8) is 0 Å². The number of nitrogens with one attached hydrogen (secondary N) is 1. The predicted octanol–water partition coefficient (Wildman–Crippen LogP) is 3.55. The van der Waals surface area contributed by atoms with E-state index >= 15 is 0 Å². The molecule has 0 aromatic heterocycles. The highest BCUT2D eigenvalue weighted by molar-refractivity contribution is 8.18. The first-order chi connectivity index (χ1) is 16.4. The van der Waals surface area contributed by atoms with Gasteiger partial charge in [-0.15, -0.1) is 0 Å². The lowest BCUT2D eigenvalue weighted by Gasteiger charge is -2.13. The Hall–Kier alpha value is -3.72. The fourth-order valence-corrected chi connectivity index (χ4v) is 4.59. The maximum atomic E-state index is 12.6.